The Morgan fingerprint density at radius 2 is 2.17 bits per heavy atom. The van der Waals surface area contributed by atoms with Crippen molar-refractivity contribution in [3.05, 3.63) is 35.9 Å². The Kier molecular flexibility index (Phi) is 5.94. The lowest BCUT2D eigenvalue weighted by molar-refractivity contribution is -0.131. The Hall–Kier alpha value is -1.81. The fourth-order valence-electron chi connectivity index (χ4n) is 1.73. The van der Waals surface area contributed by atoms with Gasteiger partial charge in [0.25, 0.3) is 0 Å². The van der Waals surface area contributed by atoms with E-state index in [1.54, 1.807) is 13.2 Å². The Morgan fingerprint density at radius 3 is 2.78 bits per heavy atom. The van der Waals surface area contributed by atoms with Gasteiger partial charge in [-0.15, -0.1) is 0 Å². The maximum absolute atomic E-state index is 10.6. The van der Waals surface area contributed by atoms with Gasteiger partial charge in [-0.3, -0.25) is 0 Å². The van der Waals surface area contributed by atoms with Crippen LogP contribution in [-0.2, 0) is 9.53 Å². The number of para-hydroxylation sites is 1. The summed E-state index contributed by atoms with van der Waals surface area (Å²) in [6.07, 6.45) is 2.77. The molecule has 1 aromatic rings. The van der Waals surface area contributed by atoms with E-state index in [0.717, 1.165) is 30.4 Å². The second kappa shape index (κ2) is 7.50. The molecule has 0 aliphatic carbocycles. The van der Waals surface area contributed by atoms with Crippen molar-refractivity contribution in [2.24, 2.45) is 0 Å². The van der Waals surface area contributed by atoms with Crippen molar-refractivity contribution in [1.29, 1.82) is 0 Å². The van der Waals surface area contributed by atoms with E-state index in [1.807, 2.05) is 24.3 Å². The first kappa shape index (κ1) is 14.3. The van der Waals surface area contributed by atoms with Crippen molar-refractivity contribution >= 4 is 17.7 Å². The zero-order valence-electron chi connectivity index (χ0n) is 10.8. The lowest BCUT2D eigenvalue weighted by Gasteiger charge is -2.24. The van der Waals surface area contributed by atoms with Crippen LogP contribution in [0.15, 0.2) is 30.3 Å². The van der Waals surface area contributed by atoms with Crippen LogP contribution in [-0.4, -0.2) is 37.9 Å². The Balaban J connectivity index is 2.95. The number of benzene rings is 1. The van der Waals surface area contributed by atoms with Gasteiger partial charge in [-0.05, 0) is 24.6 Å². The highest BCUT2D eigenvalue weighted by Gasteiger charge is 2.07. The summed E-state index contributed by atoms with van der Waals surface area (Å²) in [6, 6.07) is 7.74. The summed E-state index contributed by atoms with van der Waals surface area (Å²) in [4.78, 5) is 12.7. The van der Waals surface area contributed by atoms with E-state index >= 15 is 0 Å². The standard InChI is InChI=1S/C14H19NO3/c1-3-15(10-11-18-2)13-7-5-4-6-12(13)8-9-14(16)17/h4-9H,3,10-11H2,1-2H3,(H,16,17). The van der Waals surface area contributed by atoms with Crippen LogP contribution in [0.5, 0.6) is 0 Å². The van der Waals surface area contributed by atoms with Crippen LogP contribution in [0, 0.1) is 0 Å². The second-order valence-electron chi connectivity index (χ2n) is 3.80. The van der Waals surface area contributed by atoms with Crippen molar-refractivity contribution in [2.75, 3.05) is 31.7 Å². The van der Waals surface area contributed by atoms with Crippen molar-refractivity contribution in [1.82, 2.24) is 0 Å². The number of ether oxygens (including phenoxy) is 1. The minimum atomic E-state index is -0.940. The summed E-state index contributed by atoms with van der Waals surface area (Å²) >= 11 is 0. The Labute approximate surface area is 107 Å². The molecule has 0 heterocycles. The summed E-state index contributed by atoms with van der Waals surface area (Å²) in [5.74, 6) is -0.940. The van der Waals surface area contributed by atoms with E-state index in [2.05, 4.69) is 11.8 Å². The van der Waals surface area contributed by atoms with Gasteiger partial charge in [0, 0.05) is 32.0 Å². The highest BCUT2D eigenvalue weighted by atomic mass is 16.5. The number of carboxylic acids is 1. The normalized spacial score (nSPS) is 10.8. The molecule has 0 spiro atoms. The molecule has 0 atom stereocenters. The van der Waals surface area contributed by atoms with Gasteiger partial charge >= 0.3 is 5.97 Å². The minimum Gasteiger partial charge on any atom is -0.478 e. The van der Waals surface area contributed by atoms with E-state index in [9.17, 15) is 4.79 Å². The highest BCUT2D eigenvalue weighted by molar-refractivity contribution is 5.87. The van der Waals surface area contributed by atoms with Crippen LogP contribution in [0.25, 0.3) is 6.08 Å². The molecule has 0 unspecified atom stereocenters. The molecule has 98 valence electrons. The van der Waals surface area contributed by atoms with Crippen molar-refractivity contribution in [3.63, 3.8) is 0 Å². The molecule has 0 saturated carbocycles. The van der Waals surface area contributed by atoms with E-state index < -0.39 is 5.97 Å². The summed E-state index contributed by atoms with van der Waals surface area (Å²) in [6.45, 7) is 4.34. The number of methoxy groups -OCH3 is 1. The van der Waals surface area contributed by atoms with Crippen molar-refractivity contribution in [3.8, 4) is 0 Å². The third kappa shape index (κ3) is 4.22. The van der Waals surface area contributed by atoms with Gasteiger partial charge in [-0.2, -0.15) is 0 Å². The van der Waals surface area contributed by atoms with E-state index in [0.29, 0.717) is 6.61 Å². The van der Waals surface area contributed by atoms with Gasteiger partial charge < -0.3 is 14.7 Å². The number of aliphatic carboxylic acids is 1. The molecule has 0 aliphatic rings. The van der Waals surface area contributed by atoms with Crippen molar-refractivity contribution < 1.29 is 14.6 Å². The fourth-order valence-corrected chi connectivity index (χ4v) is 1.73. The summed E-state index contributed by atoms with van der Waals surface area (Å²) < 4.78 is 5.08. The highest BCUT2D eigenvalue weighted by Crippen LogP contribution is 2.21. The van der Waals surface area contributed by atoms with Gasteiger partial charge in [0.05, 0.1) is 6.61 Å². The molecule has 0 aliphatic heterocycles. The number of carbonyl (C=O) groups is 1. The van der Waals surface area contributed by atoms with Gasteiger partial charge in [0.1, 0.15) is 0 Å². The largest absolute Gasteiger partial charge is 0.478 e. The predicted molar refractivity (Wildman–Crippen MR) is 72.9 cm³/mol. The lowest BCUT2D eigenvalue weighted by atomic mass is 10.1. The van der Waals surface area contributed by atoms with Crippen LogP contribution in [0.4, 0.5) is 5.69 Å². The SMILES string of the molecule is CCN(CCOC)c1ccccc1C=CC(=O)O. The third-order valence-corrected chi connectivity index (χ3v) is 2.63. The first-order valence-corrected chi connectivity index (χ1v) is 5.93. The van der Waals surface area contributed by atoms with Crippen LogP contribution in [0.2, 0.25) is 0 Å². The number of carboxylic acid groups (broad SMARTS) is 1. The van der Waals surface area contributed by atoms with Gasteiger partial charge in [-0.25, -0.2) is 4.79 Å². The van der Waals surface area contributed by atoms with Crippen LogP contribution < -0.4 is 4.90 Å². The molecule has 0 bridgehead atoms. The summed E-state index contributed by atoms with van der Waals surface area (Å²) in [5.41, 5.74) is 1.92. The molecule has 0 saturated heterocycles. The Morgan fingerprint density at radius 1 is 1.44 bits per heavy atom. The van der Waals surface area contributed by atoms with E-state index in [1.165, 1.54) is 0 Å². The number of likely N-dealkylation sites (N-methyl/N-ethyl adjacent to an activating group) is 1. The minimum absolute atomic E-state index is 0.644. The fraction of sp³-hybridized carbons (Fsp3) is 0.357. The molecular weight excluding hydrogens is 230 g/mol. The van der Waals surface area contributed by atoms with Gasteiger partial charge in [-0.1, -0.05) is 18.2 Å². The predicted octanol–water partition coefficient (Wildman–Crippen LogP) is 2.26. The number of rotatable bonds is 7. The van der Waals surface area contributed by atoms with Crippen LogP contribution in [0.1, 0.15) is 12.5 Å². The average molecular weight is 249 g/mol. The third-order valence-electron chi connectivity index (χ3n) is 2.63. The molecular formula is C14H19NO3. The number of hydrogen-bond donors (Lipinski definition) is 1. The zero-order valence-corrected chi connectivity index (χ0v) is 10.8. The maximum Gasteiger partial charge on any atom is 0.328 e. The molecule has 1 rings (SSSR count). The second-order valence-corrected chi connectivity index (χ2v) is 3.80. The van der Waals surface area contributed by atoms with Crippen LogP contribution in [0.3, 0.4) is 0 Å². The molecule has 18 heavy (non-hydrogen) atoms. The maximum atomic E-state index is 10.6. The van der Waals surface area contributed by atoms with E-state index in [4.69, 9.17) is 9.84 Å². The molecule has 4 nitrogen and oxygen atoms in total. The number of hydrogen-bond acceptors (Lipinski definition) is 3. The lowest BCUT2D eigenvalue weighted by Crippen LogP contribution is -2.27. The molecule has 0 aromatic heterocycles. The molecule has 4 heteroatoms. The van der Waals surface area contributed by atoms with E-state index in [-0.39, 0.29) is 0 Å². The topological polar surface area (TPSA) is 49.8 Å². The molecule has 0 fully saturated rings. The monoisotopic (exact) mass is 249 g/mol. The Bertz CT molecular complexity index is 415. The van der Waals surface area contributed by atoms with Gasteiger partial charge in [0.15, 0.2) is 0 Å². The van der Waals surface area contributed by atoms with Crippen LogP contribution >= 0.6 is 0 Å². The van der Waals surface area contributed by atoms with Crippen molar-refractivity contribution in [2.45, 2.75) is 6.92 Å². The quantitative estimate of drug-likeness (QED) is 0.753. The summed E-state index contributed by atoms with van der Waals surface area (Å²) in [5, 5.41) is 8.68. The summed E-state index contributed by atoms with van der Waals surface area (Å²) in [7, 11) is 1.67. The van der Waals surface area contributed by atoms with Gasteiger partial charge in [0.2, 0.25) is 0 Å². The first-order valence-electron chi connectivity index (χ1n) is 5.93. The first-order chi connectivity index (χ1) is 8.69. The number of anilines is 1. The molecule has 0 amide bonds. The molecule has 1 aromatic carbocycles. The smallest absolute Gasteiger partial charge is 0.328 e. The zero-order chi connectivity index (χ0) is 13.4. The molecule has 0 radical (unpaired) electrons. The molecule has 1 N–H and O–H groups in total. The number of nitrogens with zero attached hydrogens (tertiary/aromatic N) is 1. The average Bonchev–Trinajstić information content (AvgIpc) is 2.38.